The fraction of sp³-hybridized carbons (Fsp3) is 0.579. The summed E-state index contributed by atoms with van der Waals surface area (Å²) in [6.07, 6.45) is 14.8. The van der Waals surface area contributed by atoms with E-state index in [1.807, 2.05) is 0 Å². The third-order valence-corrected chi connectivity index (χ3v) is 4.46. The summed E-state index contributed by atoms with van der Waals surface area (Å²) in [5.41, 5.74) is 4.69. The average molecular weight is 272 g/mol. The lowest BCUT2D eigenvalue weighted by molar-refractivity contribution is 0.370. The summed E-state index contributed by atoms with van der Waals surface area (Å²) in [5.74, 6) is 0. The van der Waals surface area contributed by atoms with Crippen LogP contribution in [0.25, 0.3) is 0 Å². The Bertz CT molecular complexity index is 482. The van der Waals surface area contributed by atoms with Gasteiger partial charge in [0.2, 0.25) is 0 Å². The Morgan fingerprint density at radius 2 is 1.95 bits per heavy atom. The SMILES string of the molecule is CC(C=CC1=C(C)CCCC1(C)C)=CC=CC1(C)CO1. The van der Waals surface area contributed by atoms with Crippen LogP contribution in [0.5, 0.6) is 0 Å². The molecule has 0 aromatic rings. The van der Waals surface area contributed by atoms with Crippen molar-refractivity contribution in [3.05, 3.63) is 47.1 Å². The van der Waals surface area contributed by atoms with Crippen molar-refractivity contribution < 1.29 is 4.74 Å². The zero-order valence-electron chi connectivity index (χ0n) is 13.6. The van der Waals surface area contributed by atoms with Crippen LogP contribution in [0.2, 0.25) is 0 Å². The molecular formula is C19H28O. The van der Waals surface area contributed by atoms with Crippen LogP contribution in [0.15, 0.2) is 47.1 Å². The highest BCUT2D eigenvalue weighted by Gasteiger charge is 2.35. The third kappa shape index (κ3) is 3.96. The van der Waals surface area contributed by atoms with E-state index in [4.69, 9.17) is 4.74 Å². The Kier molecular flexibility index (Phi) is 4.39. The number of rotatable bonds is 4. The van der Waals surface area contributed by atoms with E-state index in [0.717, 1.165) is 6.61 Å². The number of ether oxygens (including phenoxy) is 1. The number of allylic oxidation sites excluding steroid dienone is 7. The Morgan fingerprint density at radius 1 is 1.25 bits per heavy atom. The highest BCUT2D eigenvalue weighted by molar-refractivity contribution is 5.36. The van der Waals surface area contributed by atoms with Crippen LogP contribution in [0.3, 0.4) is 0 Å². The van der Waals surface area contributed by atoms with Crippen molar-refractivity contribution in [2.24, 2.45) is 5.41 Å². The molecule has 0 aromatic heterocycles. The number of epoxide rings is 1. The summed E-state index contributed by atoms with van der Waals surface area (Å²) in [6, 6.07) is 0. The summed E-state index contributed by atoms with van der Waals surface area (Å²) in [4.78, 5) is 0. The summed E-state index contributed by atoms with van der Waals surface area (Å²) in [5, 5.41) is 0. The van der Waals surface area contributed by atoms with Crippen molar-refractivity contribution in [3.8, 4) is 0 Å². The molecular weight excluding hydrogens is 244 g/mol. The monoisotopic (exact) mass is 272 g/mol. The maximum absolute atomic E-state index is 5.33. The van der Waals surface area contributed by atoms with E-state index in [2.05, 4.69) is 65.0 Å². The van der Waals surface area contributed by atoms with Gasteiger partial charge in [0.15, 0.2) is 0 Å². The summed E-state index contributed by atoms with van der Waals surface area (Å²) in [7, 11) is 0. The molecule has 0 spiro atoms. The summed E-state index contributed by atoms with van der Waals surface area (Å²) >= 11 is 0. The van der Waals surface area contributed by atoms with Crippen molar-refractivity contribution in [2.45, 2.75) is 59.5 Å². The fourth-order valence-electron chi connectivity index (χ4n) is 2.89. The van der Waals surface area contributed by atoms with Gasteiger partial charge >= 0.3 is 0 Å². The first-order chi connectivity index (χ1) is 9.32. The fourth-order valence-corrected chi connectivity index (χ4v) is 2.89. The van der Waals surface area contributed by atoms with Crippen LogP contribution in [-0.4, -0.2) is 12.2 Å². The molecule has 0 radical (unpaired) electrons. The van der Waals surface area contributed by atoms with E-state index in [-0.39, 0.29) is 5.60 Å². The van der Waals surface area contributed by atoms with Gasteiger partial charge in [0.1, 0.15) is 5.60 Å². The molecule has 1 unspecified atom stereocenters. The van der Waals surface area contributed by atoms with Gasteiger partial charge < -0.3 is 4.74 Å². The average Bonchev–Trinajstić information content (AvgIpc) is 3.06. The Morgan fingerprint density at radius 3 is 2.55 bits per heavy atom. The van der Waals surface area contributed by atoms with Gasteiger partial charge in [-0.15, -0.1) is 0 Å². The van der Waals surface area contributed by atoms with Crippen LogP contribution in [0.1, 0.15) is 53.9 Å². The van der Waals surface area contributed by atoms with Crippen LogP contribution in [0, 0.1) is 5.41 Å². The normalized spacial score (nSPS) is 30.6. The molecule has 1 saturated heterocycles. The number of hydrogen-bond acceptors (Lipinski definition) is 1. The Hall–Kier alpha value is -1.08. The molecule has 1 aliphatic heterocycles. The quantitative estimate of drug-likeness (QED) is 0.495. The molecule has 1 heteroatoms. The molecule has 0 aromatic carbocycles. The van der Waals surface area contributed by atoms with Gasteiger partial charge in [0.05, 0.1) is 6.61 Å². The van der Waals surface area contributed by atoms with Gasteiger partial charge in [-0.2, -0.15) is 0 Å². The highest BCUT2D eigenvalue weighted by Crippen LogP contribution is 2.40. The standard InChI is InChI=1S/C19H28O/c1-15(8-6-13-19(5)14-20-19)10-11-17-16(2)9-7-12-18(17,3)4/h6,8,10-11,13H,7,9,12,14H2,1-5H3. The highest BCUT2D eigenvalue weighted by atomic mass is 16.6. The van der Waals surface area contributed by atoms with Crippen molar-refractivity contribution >= 4 is 0 Å². The molecule has 1 fully saturated rings. The Labute approximate surface area is 124 Å². The van der Waals surface area contributed by atoms with Crippen LogP contribution < -0.4 is 0 Å². The molecule has 1 heterocycles. The molecule has 0 amide bonds. The van der Waals surface area contributed by atoms with E-state index in [1.54, 1.807) is 5.57 Å². The lowest BCUT2D eigenvalue weighted by Crippen LogP contribution is -2.19. The van der Waals surface area contributed by atoms with Crippen molar-refractivity contribution in [1.82, 2.24) is 0 Å². The van der Waals surface area contributed by atoms with Gasteiger partial charge in [0.25, 0.3) is 0 Å². The summed E-state index contributed by atoms with van der Waals surface area (Å²) in [6.45, 7) is 12.1. The Balaban J connectivity index is 2.04. The lowest BCUT2D eigenvalue weighted by Gasteiger charge is -2.32. The maximum atomic E-state index is 5.33. The minimum atomic E-state index is 0.00493. The van der Waals surface area contributed by atoms with E-state index < -0.39 is 0 Å². The van der Waals surface area contributed by atoms with Crippen molar-refractivity contribution in [1.29, 1.82) is 0 Å². The largest absolute Gasteiger partial charge is 0.365 e. The third-order valence-electron chi connectivity index (χ3n) is 4.46. The molecule has 0 bridgehead atoms. The molecule has 1 nitrogen and oxygen atoms in total. The van der Waals surface area contributed by atoms with E-state index in [0.29, 0.717) is 5.41 Å². The van der Waals surface area contributed by atoms with Gasteiger partial charge in [-0.3, -0.25) is 0 Å². The van der Waals surface area contributed by atoms with Crippen LogP contribution >= 0.6 is 0 Å². The minimum absolute atomic E-state index is 0.00493. The second kappa shape index (κ2) is 5.73. The van der Waals surface area contributed by atoms with Crippen LogP contribution in [0.4, 0.5) is 0 Å². The molecule has 110 valence electrons. The summed E-state index contributed by atoms with van der Waals surface area (Å²) < 4.78 is 5.33. The molecule has 1 atom stereocenters. The molecule has 0 N–H and O–H groups in total. The van der Waals surface area contributed by atoms with Crippen LogP contribution in [-0.2, 0) is 4.74 Å². The number of hydrogen-bond donors (Lipinski definition) is 0. The first-order valence-electron chi connectivity index (χ1n) is 7.71. The molecule has 20 heavy (non-hydrogen) atoms. The first-order valence-corrected chi connectivity index (χ1v) is 7.71. The van der Waals surface area contributed by atoms with Gasteiger partial charge in [0, 0.05) is 0 Å². The van der Waals surface area contributed by atoms with E-state index in [9.17, 15) is 0 Å². The van der Waals surface area contributed by atoms with Gasteiger partial charge in [-0.25, -0.2) is 0 Å². The van der Waals surface area contributed by atoms with Crippen molar-refractivity contribution in [3.63, 3.8) is 0 Å². The predicted octanol–water partition coefficient (Wildman–Crippen LogP) is 5.36. The van der Waals surface area contributed by atoms with E-state index >= 15 is 0 Å². The molecule has 2 aliphatic rings. The minimum Gasteiger partial charge on any atom is -0.365 e. The van der Waals surface area contributed by atoms with Crippen molar-refractivity contribution in [2.75, 3.05) is 6.61 Å². The molecule has 0 saturated carbocycles. The smallest absolute Gasteiger partial charge is 0.107 e. The molecule has 2 rings (SSSR count). The maximum Gasteiger partial charge on any atom is 0.107 e. The second-order valence-corrected chi connectivity index (χ2v) is 7.14. The molecule has 1 aliphatic carbocycles. The van der Waals surface area contributed by atoms with Gasteiger partial charge in [-0.1, -0.05) is 55.4 Å². The zero-order chi connectivity index (χ0) is 14.8. The topological polar surface area (TPSA) is 12.5 Å². The zero-order valence-corrected chi connectivity index (χ0v) is 13.6. The lowest BCUT2D eigenvalue weighted by atomic mass is 9.72. The van der Waals surface area contributed by atoms with Gasteiger partial charge in [-0.05, 0) is 51.0 Å². The predicted molar refractivity (Wildman–Crippen MR) is 86.7 cm³/mol. The van der Waals surface area contributed by atoms with E-state index in [1.165, 1.54) is 30.4 Å². The first kappa shape index (κ1) is 15.3. The second-order valence-electron chi connectivity index (χ2n) is 7.14.